The van der Waals surface area contributed by atoms with Crippen molar-refractivity contribution in [3.8, 4) is 12.3 Å². The molecule has 0 saturated carbocycles. The number of fused-ring (bicyclic) bond motifs is 1. The molecule has 4 nitrogen and oxygen atoms in total. The molecular formula is C11H10N2O2. The Balaban J connectivity index is 2.38. The fraction of sp³-hybridized carbons (Fsp3) is 0.273. The van der Waals surface area contributed by atoms with Gasteiger partial charge in [-0.25, -0.2) is 0 Å². The minimum absolute atomic E-state index is 0.123. The normalized spacial score (nSPS) is 13.4. The molecule has 0 aromatic heterocycles. The molecule has 1 heterocycles. The van der Waals surface area contributed by atoms with Crippen LogP contribution in [-0.2, 0) is 6.42 Å². The lowest BCUT2D eigenvalue weighted by Crippen LogP contribution is -2.20. The number of rotatable bonds is 2. The summed E-state index contributed by atoms with van der Waals surface area (Å²) in [5.41, 5.74) is 2.16. The molecule has 0 unspecified atom stereocenters. The Morgan fingerprint density at radius 3 is 3.07 bits per heavy atom. The summed E-state index contributed by atoms with van der Waals surface area (Å²) in [6, 6.07) is 4.95. The fourth-order valence-corrected chi connectivity index (χ4v) is 1.82. The summed E-state index contributed by atoms with van der Waals surface area (Å²) in [4.78, 5) is 12.2. The second-order valence-corrected chi connectivity index (χ2v) is 3.45. The minimum Gasteiger partial charge on any atom is -0.360 e. The van der Waals surface area contributed by atoms with Crippen LogP contribution in [0.25, 0.3) is 0 Å². The Morgan fingerprint density at radius 1 is 1.60 bits per heavy atom. The quantitative estimate of drug-likeness (QED) is 0.415. The van der Waals surface area contributed by atoms with Gasteiger partial charge >= 0.3 is 0 Å². The van der Waals surface area contributed by atoms with Gasteiger partial charge in [0.05, 0.1) is 11.5 Å². The molecule has 0 fully saturated rings. The molecule has 0 N–H and O–H groups in total. The number of hydrogen-bond donors (Lipinski definition) is 0. The minimum atomic E-state index is -0.382. The Kier molecular flexibility index (Phi) is 2.30. The first kappa shape index (κ1) is 9.53. The van der Waals surface area contributed by atoms with Crippen LogP contribution >= 0.6 is 0 Å². The zero-order valence-electron chi connectivity index (χ0n) is 8.14. The van der Waals surface area contributed by atoms with E-state index in [1.54, 1.807) is 6.07 Å². The summed E-state index contributed by atoms with van der Waals surface area (Å²) >= 11 is 0. The Labute approximate surface area is 87.7 Å². The average molecular weight is 202 g/mol. The molecule has 0 bridgehead atoms. The number of terminal acetylenes is 1. The maximum Gasteiger partial charge on any atom is 0.271 e. The van der Waals surface area contributed by atoms with Crippen LogP contribution in [0.15, 0.2) is 18.2 Å². The van der Waals surface area contributed by atoms with Crippen LogP contribution < -0.4 is 4.90 Å². The molecular weight excluding hydrogens is 192 g/mol. The van der Waals surface area contributed by atoms with E-state index in [1.807, 2.05) is 11.0 Å². The molecule has 0 saturated heterocycles. The molecule has 15 heavy (non-hydrogen) atoms. The summed E-state index contributed by atoms with van der Waals surface area (Å²) in [7, 11) is 0. The van der Waals surface area contributed by atoms with Gasteiger partial charge in [-0.2, -0.15) is 0 Å². The summed E-state index contributed by atoms with van der Waals surface area (Å²) in [5.74, 6) is 2.56. The first-order valence-corrected chi connectivity index (χ1v) is 4.68. The van der Waals surface area contributed by atoms with Gasteiger partial charge in [0.2, 0.25) is 0 Å². The van der Waals surface area contributed by atoms with E-state index in [2.05, 4.69) is 5.92 Å². The van der Waals surface area contributed by atoms with Crippen LogP contribution in [0.3, 0.4) is 0 Å². The van der Waals surface area contributed by atoms with Gasteiger partial charge in [-0.3, -0.25) is 10.1 Å². The van der Waals surface area contributed by atoms with E-state index in [0.717, 1.165) is 24.2 Å². The van der Waals surface area contributed by atoms with Gasteiger partial charge in [0.15, 0.2) is 0 Å². The number of non-ortho nitro benzene ring substituents is 1. The van der Waals surface area contributed by atoms with Crippen molar-refractivity contribution in [3.05, 3.63) is 33.9 Å². The van der Waals surface area contributed by atoms with Crippen molar-refractivity contribution in [2.45, 2.75) is 6.42 Å². The number of anilines is 1. The number of nitro groups is 1. The largest absolute Gasteiger partial charge is 0.360 e. The zero-order chi connectivity index (χ0) is 10.8. The highest BCUT2D eigenvalue weighted by molar-refractivity contribution is 5.63. The van der Waals surface area contributed by atoms with Crippen molar-refractivity contribution in [1.29, 1.82) is 0 Å². The van der Waals surface area contributed by atoms with Gasteiger partial charge in [-0.15, -0.1) is 6.42 Å². The van der Waals surface area contributed by atoms with Crippen LogP contribution in [0.4, 0.5) is 11.4 Å². The molecule has 1 aromatic carbocycles. The smallest absolute Gasteiger partial charge is 0.271 e. The van der Waals surface area contributed by atoms with Crippen molar-refractivity contribution in [1.82, 2.24) is 0 Å². The predicted octanol–water partition coefficient (Wildman–Crippen LogP) is 1.59. The van der Waals surface area contributed by atoms with E-state index >= 15 is 0 Å². The highest BCUT2D eigenvalue weighted by atomic mass is 16.6. The highest BCUT2D eigenvalue weighted by Gasteiger charge is 2.20. The lowest BCUT2D eigenvalue weighted by molar-refractivity contribution is -0.384. The first-order chi connectivity index (χ1) is 7.22. The molecule has 0 spiro atoms. The van der Waals surface area contributed by atoms with E-state index in [0.29, 0.717) is 6.54 Å². The molecule has 0 amide bonds. The number of benzene rings is 1. The van der Waals surface area contributed by atoms with E-state index in [1.165, 1.54) is 6.07 Å². The number of nitro benzene ring substituents is 1. The van der Waals surface area contributed by atoms with Crippen LogP contribution in [0.5, 0.6) is 0 Å². The molecule has 4 heteroatoms. The lowest BCUT2D eigenvalue weighted by Gasteiger charge is -2.15. The molecule has 0 aliphatic carbocycles. The topological polar surface area (TPSA) is 46.4 Å². The monoisotopic (exact) mass is 202 g/mol. The van der Waals surface area contributed by atoms with Crippen molar-refractivity contribution < 1.29 is 4.92 Å². The SMILES string of the molecule is C#CCN1CCc2ccc([N+](=O)[O-])cc21. The van der Waals surface area contributed by atoms with Gasteiger partial charge < -0.3 is 4.90 Å². The van der Waals surface area contributed by atoms with Crippen LogP contribution in [0, 0.1) is 22.5 Å². The standard InChI is InChI=1S/C11H10N2O2/c1-2-6-12-7-5-9-3-4-10(13(14)15)8-11(9)12/h1,3-4,8H,5-7H2. The van der Waals surface area contributed by atoms with E-state index in [-0.39, 0.29) is 10.6 Å². The van der Waals surface area contributed by atoms with E-state index in [9.17, 15) is 10.1 Å². The van der Waals surface area contributed by atoms with Crippen LogP contribution in [0.1, 0.15) is 5.56 Å². The molecule has 1 aliphatic rings. The summed E-state index contributed by atoms with van der Waals surface area (Å²) in [6.07, 6.45) is 6.15. The predicted molar refractivity (Wildman–Crippen MR) is 57.8 cm³/mol. The number of nitrogens with zero attached hydrogens (tertiary/aromatic N) is 2. The molecule has 1 aromatic rings. The third kappa shape index (κ3) is 1.64. The second-order valence-electron chi connectivity index (χ2n) is 3.45. The summed E-state index contributed by atoms with van der Waals surface area (Å²) < 4.78 is 0. The lowest BCUT2D eigenvalue weighted by atomic mass is 10.1. The summed E-state index contributed by atoms with van der Waals surface area (Å²) in [6.45, 7) is 1.36. The van der Waals surface area contributed by atoms with Gasteiger partial charge in [0.25, 0.3) is 5.69 Å². The molecule has 76 valence electrons. The third-order valence-corrected chi connectivity index (χ3v) is 2.55. The van der Waals surface area contributed by atoms with Crippen LogP contribution in [-0.4, -0.2) is 18.0 Å². The van der Waals surface area contributed by atoms with E-state index < -0.39 is 0 Å². The maximum atomic E-state index is 10.6. The Morgan fingerprint density at radius 2 is 2.40 bits per heavy atom. The van der Waals surface area contributed by atoms with Gasteiger partial charge in [0, 0.05) is 24.4 Å². The Hall–Kier alpha value is -2.02. The zero-order valence-corrected chi connectivity index (χ0v) is 8.14. The maximum absolute atomic E-state index is 10.6. The first-order valence-electron chi connectivity index (χ1n) is 4.68. The second kappa shape index (κ2) is 3.62. The van der Waals surface area contributed by atoms with Gasteiger partial charge in [-0.05, 0) is 12.0 Å². The van der Waals surface area contributed by atoms with Crippen LogP contribution in [0.2, 0.25) is 0 Å². The van der Waals surface area contributed by atoms with Crippen molar-refractivity contribution in [2.24, 2.45) is 0 Å². The van der Waals surface area contributed by atoms with E-state index in [4.69, 9.17) is 6.42 Å². The molecule has 0 atom stereocenters. The number of hydrogen-bond acceptors (Lipinski definition) is 3. The average Bonchev–Trinajstić information content (AvgIpc) is 2.61. The molecule has 2 rings (SSSR count). The summed E-state index contributed by atoms with van der Waals surface area (Å²) in [5, 5.41) is 10.6. The molecule has 1 aliphatic heterocycles. The Bertz CT molecular complexity index is 448. The van der Waals surface area contributed by atoms with Gasteiger partial charge in [0.1, 0.15) is 0 Å². The fourth-order valence-electron chi connectivity index (χ4n) is 1.82. The highest BCUT2D eigenvalue weighted by Crippen LogP contribution is 2.31. The molecule has 0 radical (unpaired) electrons. The van der Waals surface area contributed by atoms with Crippen molar-refractivity contribution in [2.75, 3.05) is 18.0 Å². The van der Waals surface area contributed by atoms with Crippen molar-refractivity contribution in [3.63, 3.8) is 0 Å². The third-order valence-electron chi connectivity index (χ3n) is 2.55. The van der Waals surface area contributed by atoms with Crippen molar-refractivity contribution >= 4 is 11.4 Å². The van der Waals surface area contributed by atoms with Gasteiger partial charge in [-0.1, -0.05) is 12.0 Å².